The van der Waals surface area contributed by atoms with E-state index in [1.807, 2.05) is 0 Å². The van der Waals surface area contributed by atoms with Gasteiger partial charge in [0.05, 0.1) is 34.3 Å². The van der Waals surface area contributed by atoms with E-state index in [-0.39, 0.29) is 22.7 Å². The number of rotatable bonds is 6. The Hall–Kier alpha value is -3.44. The minimum atomic E-state index is -2.00. The van der Waals surface area contributed by atoms with Gasteiger partial charge in [-0.3, -0.25) is 9.48 Å². The maximum Gasteiger partial charge on any atom is 0.254 e. The van der Waals surface area contributed by atoms with E-state index >= 15 is 0 Å². The van der Waals surface area contributed by atoms with Crippen LogP contribution in [0.25, 0.3) is 11.0 Å². The Morgan fingerprint density at radius 1 is 1.36 bits per heavy atom. The van der Waals surface area contributed by atoms with Crippen molar-refractivity contribution in [3.63, 3.8) is 0 Å². The summed E-state index contributed by atoms with van der Waals surface area (Å²) in [5.41, 5.74) is -1.04. The van der Waals surface area contributed by atoms with Gasteiger partial charge in [-0.15, -0.1) is 0 Å². The molecule has 0 spiro atoms. The van der Waals surface area contributed by atoms with E-state index in [1.165, 1.54) is 30.5 Å². The molecule has 0 unspecified atom stereocenters. The highest BCUT2D eigenvalue weighted by Crippen LogP contribution is 2.32. The average Bonchev–Trinajstić information content (AvgIpc) is 3.35. The number of hydrogen-bond acceptors (Lipinski definition) is 6. The van der Waals surface area contributed by atoms with Gasteiger partial charge < -0.3 is 10.4 Å². The van der Waals surface area contributed by atoms with Crippen molar-refractivity contribution in [3.05, 3.63) is 70.5 Å². The second kappa shape index (κ2) is 8.49. The van der Waals surface area contributed by atoms with Crippen LogP contribution in [0, 0.1) is 18.6 Å². The predicted molar refractivity (Wildman–Crippen MR) is 115 cm³/mol. The van der Waals surface area contributed by atoms with E-state index in [9.17, 15) is 18.7 Å². The number of aromatic nitrogens is 6. The molecule has 2 atom stereocenters. The number of pyridine rings is 1. The number of hydrogen-bond donors (Lipinski definition) is 2. The van der Waals surface area contributed by atoms with Crippen molar-refractivity contribution in [3.8, 4) is 0 Å². The van der Waals surface area contributed by atoms with Crippen molar-refractivity contribution >= 4 is 28.5 Å². The maximum atomic E-state index is 14.7. The molecule has 3 aromatic heterocycles. The van der Waals surface area contributed by atoms with Gasteiger partial charge in [-0.2, -0.15) is 10.2 Å². The van der Waals surface area contributed by atoms with Crippen molar-refractivity contribution in [2.75, 3.05) is 0 Å². The monoisotopic (exact) mass is 475 g/mol. The maximum absolute atomic E-state index is 14.7. The molecule has 4 aromatic rings. The lowest BCUT2D eigenvalue weighted by Crippen LogP contribution is -2.52. The molecule has 0 radical (unpaired) electrons. The summed E-state index contributed by atoms with van der Waals surface area (Å²) in [5.74, 6) is -2.40. The molecule has 172 valence electrons. The second-order valence-corrected chi connectivity index (χ2v) is 8.11. The molecule has 0 fully saturated rings. The summed E-state index contributed by atoms with van der Waals surface area (Å²) < 4.78 is 31.0. The van der Waals surface area contributed by atoms with Crippen LogP contribution < -0.4 is 5.32 Å². The highest BCUT2D eigenvalue weighted by molar-refractivity contribution is 6.38. The fourth-order valence-electron chi connectivity index (χ4n) is 3.78. The summed E-state index contributed by atoms with van der Waals surface area (Å²) in [6.45, 7) is 2.98. The van der Waals surface area contributed by atoms with Crippen molar-refractivity contribution in [1.29, 1.82) is 0 Å². The number of nitrogens with zero attached hydrogens (tertiary/aromatic N) is 6. The van der Waals surface area contributed by atoms with Crippen molar-refractivity contribution in [2.24, 2.45) is 7.05 Å². The molecule has 1 aromatic carbocycles. The Bertz CT molecular complexity index is 1340. The molecule has 0 aliphatic carbocycles. The zero-order valence-electron chi connectivity index (χ0n) is 17.9. The number of amides is 1. The van der Waals surface area contributed by atoms with E-state index < -0.39 is 29.2 Å². The van der Waals surface area contributed by atoms with Crippen LogP contribution in [0.1, 0.15) is 28.5 Å². The lowest BCUT2D eigenvalue weighted by atomic mass is 9.86. The first kappa shape index (κ1) is 22.7. The topological polar surface area (TPSA) is 111 Å². The fourth-order valence-corrected chi connectivity index (χ4v) is 4.13. The number of benzene rings is 1. The number of carbonyl (C=O) groups is 1. The van der Waals surface area contributed by atoms with Crippen LogP contribution >= 0.6 is 11.6 Å². The molecule has 12 heteroatoms. The molecule has 0 bridgehead atoms. The number of carbonyl (C=O) groups excluding carboxylic acids is 1. The van der Waals surface area contributed by atoms with Gasteiger partial charge >= 0.3 is 0 Å². The zero-order chi connectivity index (χ0) is 23.9. The van der Waals surface area contributed by atoms with Gasteiger partial charge in [-0.25, -0.2) is 23.4 Å². The van der Waals surface area contributed by atoms with Gasteiger partial charge in [0, 0.05) is 24.9 Å². The standard InChI is InChI=1S/C21H20ClF2N7O2/c1-11-17-18(22)14(7-26-19(17)30(3)29-11)20(32)28-12(2)21(33,8-31-10-25-9-27-31)15-5-4-13(23)6-16(15)24/h4-7,9-10,12,33H,8H2,1-3H3,(H,28,32)/t12-,21-/m1/s1. The largest absolute Gasteiger partial charge is 0.381 e. The number of aryl methyl sites for hydroxylation is 2. The van der Waals surface area contributed by atoms with Gasteiger partial charge in [0.2, 0.25) is 0 Å². The van der Waals surface area contributed by atoms with Gasteiger partial charge in [-0.1, -0.05) is 17.7 Å². The van der Waals surface area contributed by atoms with Crippen LogP contribution in [0.4, 0.5) is 8.78 Å². The van der Waals surface area contributed by atoms with Crippen LogP contribution in [-0.2, 0) is 19.2 Å². The van der Waals surface area contributed by atoms with Crippen molar-refractivity contribution < 1.29 is 18.7 Å². The summed E-state index contributed by atoms with van der Waals surface area (Å²) in [5, 5.41) is 23.1. The normalized spacial score (nSPS) is 14.3. The Balaban J connectivity index is 1.70. The highest BCUT2D eigenvalue weighted by atomic mass is 35.5. The van der Waals surface area contributed by atoms with Gasteiger partial charge in [-0.05, 0) is 19.9 Å². The number of nitrogens with one attached hydrogen (secondary N) is 1. The van der Waals surface area contributed by atoms with Gasteiger partial charge in [0.25, 0.3) is 5.91 Å². The van der Waals surface area contributed by atoms with Crippen LogP contribution in [0.2, 0.25) is 5.02 Å². The summed E-state index contributed by atoms with van der Waals surface area (Å²) in [4.78, 5) is 21.2. The summed E-state index contributed by atoms with van der Waals surface area (Å²) in [7, 11) is 1.71. The van der Waals surface area contributed by atoms with Crippen LogP contribution in [-0.4, -0.2) is 46.6 Å². The molecule has 2 N–H and O–H groups in total. The molecule has 0 aliphatic rings. The predicted octanol–water partition coefficient (Wildman–Crippen LogP) is 2.51. The number of fused-ring (bicyclic) bond motifs is 1. The Labute approximate surface area is 192 Å². The van der Waals surface area contributed by atoms with E-state index in [1.54, 1.807) is 18.7 Å². The number of aliphatic hydroxyl groups is 1. The molecule has 0 saturated heterocycles. The van der Waals surface area contributed by atoms with E-state index in [2.05, 4.69) is 25.5 Å². The molecule has 33 heavy (non-hydrogen) atoms. The molecule has 0 saturated carbocycles. The zero-order valence-corrected chi connectivity index (χ0v) is 18.7. The number of halogens is 3. The lowest BCUT2D eigenvalue weighted by Gasteiger charge is -2.35. The second-order valence-electron chi connectivity index (χ2n) is 7.73. The summed E-state index contributed by atoms with van der Waals surface area (Å²) >= 11 is 6.49. The fraction of sp³-hybridized carbons (Fsp3) is 0.286. The lowest BCUT2D eigenvalue weighted by molar-refractivity contribution is -0.0186. The molecule has 0 aliphatic heterocycles. The third-order valence-electron chi connectivity index (χ3n) is 5.54. The van der Waals surface area contributed by atoms with E-state index in [4.69, 9.17) is 11.6 Å². The smallest absolute Gasteiger partial charge is 0.254 e. The quantitative estimate of drug-likeness (QED) is 0.443. The van der Waals surface area contributed by atoms with Crippen LogP contribution in [0.5, 0.6) is 0 Å². The minimum absolute atomic E-state index is 0.0646. The molecule has 3 heterocycles. The van der Waals surface area contributed by atoms with Crippen LogP contribution in [0.3, 0.4) is 0 Å². The molecule has 1 amide bonds. The first-order valence-electron chi connectivity index (χ1n) is 9.90. The minimum Gasteiger partial charge on any atom is -0.381 e. The Kier molecular flexibility index (Phi) is 5.85. The molecular formula is C21H20ClF2N7O2. The highest BCUT2D eigenvalue weighted by Gasteiger charge is 2.40. The summed E-state index contributed by atoms with van der Waals surface area (Å²) in [6.07, 6.45) is 3.89. The molecule has 9 nitrogen and oxygen atoms in total. The van der Waals surface area contributed by atoms with E-state index in [0.29, 0.717) is 22.8 Å². The summed E-state index contributed by atoms with van der Waals surface area (Å²) in [6, 6.07) is 1.76. The Morgan fingerprint density at radius 3 is 2.79 bits per heavy atom. The van der Waals surface area contributed by atoms with Gasteiger partial charge in [0.1, 0.15) is 29.9 Å². The third kappa shape index (κ3) is 4.05. The Morgan fingerprint density at radius 2 is 2.12 bits per heavy atom. The van der Waals surface area contributed by atoms with E-state index in [0.717, 1.165) is 12.1 Å². The molecular weight excluding hydrogens is 456 g/mol. The first-order chi connectivity index (χ1) is 15.6. The van der Waals surface area contributed by atoms with Gasteiger partial charge in [0.15, 0.2) is 5.65 Å². The molecule has 4 rings (SSSR count). The SMILES string of the molecule is Cc1nn(C)c2ncc(C(=O)N[C@H](C)[C@](O)(Cn3cncn3)c3ccc(F)cc3F)c(Cl)c12. The van der Waals surface area contributed by atoms with Crippen LogP contribution in [0.15, 0.2) is 37.1 Å². The average molecular weight is 476 g/mol. The third-order valence-corrected chi connectivity index (χ3v) is 5.93. The first-order valence-corrected chi connectivity index (χ1v) is 10.3. The van der Waals surface area contributed by atoms with Crippen molar-refractivity contribution in [2.45, 2.75) is 32.0 Å². The van der Waals surface area contributed by atoms with Crippen molar-refractivity contribution in [1.82, 2.24) is 34.8 Å².